The van der Waals surface area contributed by atoms with Crippen molar-refractivity contribution in [2.24, 2.45) is 0 Å². The van der Waals surface area contributed by atoms with Gasteiger partial charge in [0, 0.05) is 11.8 Å². The number of hydrogen-bond acceptors (Lipinski definition) is 2. The molecule has 54 valence electrons. The van der Waals surface area contributed by atoms with E-state index in [2.05, 4.69) is 17.6 Å². The molecule has 1 aromatic heterocycles. The molecular formula is C6H5ClFNS. The number of rotatable bonds is 1. The first-order chi connectivity index (χ1) is 4.74. The first-order valence-electron chi connectivity index (χ1n) is 2.63. The molecule has 0 aliphatic rings. The molecule has 0 aromatic carbocycles. The van der Waals surface area contributed by atoms with Gasteiger partial charge in [-0.3, -0.25) is 0 Å². The molecular weight excluding hydrogens is 173 g/mol. The van der Waals surface area contributed by atoms with Gasteiger partial charge in [-0.1, -0.05) is 11.6 Å². The van der Waals surface area contributed by atoms with Crippen LogP contribution in [0.25, 0.3) is 0 Å². The molecule has 0 radical (unpaired) electrons. The lowest BCUT2D eigenvalue weighted by molar-refractivity contribution is 0.484. The molecule has 10 heavy (non-hydrogen) atoms. The van der Waals surface area contributed by atoms with Gasteiger partial charge < -0.3 is 0 Å². The van der Waals surface area contributed by atoms with Gasteiger partial charge in [-0.15, -0.1) is 12.6 Å². The van der Waals surface area contributed by atoms with E-state index in [0.717, 1.165) is 0 Å². The molecule has 0 atom stereocenters. The molecule has 0 amide bonds. The van der Waals surface area contributed by atoms with Gasteiger partial charge in [0.1, 0.15) is 11.7 Å². The number of pyridine rings is 1. The quantitative estimate of drug-likeness (QED) is 0.651. The van der Waals surface area contributed by atoms with Crippen molar-refractivity contribution in [1.82, 2.24) is 4.98 Å². The summed E-state index contributed by atoms with van der Waals surface area (Å²) in [4.78, 5) is 3.74. The fourth-order valence-corrected chi connectivity index (χ4v) is 0.855. The Kier molecular flexibility index (Phi) is 2.51. The summed E-state index contributed by atoms with van der Waals surface area (Å²) in [6, 6.07) is 1.51. The van der Waals surface area contributed by atoms with E-state index in [1.807, 2.05) is 0 Å². The third kappa shape index (κ3) is 1.61. The highest BCUT2D eigenvalue weighted by Crippen LogP contribution is 2.18. The fraction of sp³-hybridized carbons (Fsp3) is 0.167. The molecule has 1 heterocycles. The Bertz CT molecular complexity index is 241. The van der Waals surface area contributed by atoms with Gasteiger partial charge in [0.25, 0.3) is 0 Å². The van der Waals surface area contributed by atoms with E-state index in [1.54, 1.807) is 0 Å². The molecule has 1 aromatic rings. The highest BCUT2D eigenvalue weighted by atomic mass is 35.5. The Morgan fingerprint density at radius 2 is 2.40 bits per heavy atom. The minimum atomic E-state index is -0.541. The summed E-state index contributed by atoms with van der Waals surface area (Å²) in [5.74, 6) is 0. The van der Waals surface area contributed by atoms with Crippen LogP contribution in [0.2, 0.25) is 5.02 Å². The zero-order chi connectivity index (χ0) is 7.56. The van der Waals surface area contributed by atoms with Crippen molar-refractivity contribution in [2.45, 2.75) is 11.7 Å². The number of alkyl halides is 1. The number of nitrogens with zero attached hydrogens (tertiary/aromatic N) is 1. The standard InChI is InChI=1S/C6H5ClFNS/c7-5-1-4(2-8)3-9-6(5)10/h1,3H,2H2,(H,9,10). The van der Waals surface area contributed by atoms with Crippen LogP contribution in [0.5, 0.6) is 0 Å². The fourth-order valence-electron chi connectivity index (χ4n) is 0.543. The minimum absolute atomic E-state index is 0.387. The molecule has 0 fully saturated rings. The molecule has 0 aliphatic heterocycles. The summed E-state index contributed by atoms with van der Waals surface area (Å²) in [6.07, 6.45) is 1.41. The van der Waals surface area contributed by atoms with Crippen LogP contribution in [-0.2, 0) is 6.67 Å². The van der Waals surface area contributed by atoms with E-state index in [-0.39, 0.29) is 0 Å². The van der Waals surface area contributed by atoms with E-state index in [1.165, 1.54) is 12.3 Å². The maximum absolute atomic E-state index is 11.9. The molecule has 0 bridgehead atoms. The Morgan fingerprint density at radius 3 is 2.90 bits per heavy atom. The molecule has 1 rings (SSSR count). The summed E-state index contributed by atoms with van der Waals surface area (Å²) >= 11 is 9.51. The summed E-state index contributed by atoms with van der Waals surface area (Å²) in [5.41, 5.74) is 0.475. The van der Waals surface area contributed by atoms with Gasteiger partial charge in [0.05, 0.1) is 5.02 Å². The summed E-state index contributed by atoms with van der Waals surface area (Å²) in [5, 5.41) is 0.817. The third-order valence-electron chi connectivity index (χ3n) is 1.03. The molecule has 0 spiro atoms. The van der Waals surface area contributed by atoms with Crippen molar-refractivity contribution in [1.29, 1.82) is 0 Å². The number of halogens is 2. The zero-order valence-electron chi connectivity index (χ0n) is 5.01. The molecule has 0 saturated carbocycles. The van der Waals surface area contributed by atoms with E-state index in [9.17, 15) is 4.39 Å². The predicted octanol–water partition coefficient (Wildman–Crippen LogP) is 2.49. The molecule has 0 unspecified atom stereocenters. The van der Waals surface area contributed by atoms with E-state index >= 15 is 0 Å². The number of aromatic nitrogens is 1. The third-order valence-corrected chi connectivity index (χ3v) is 1.81. The first-order valence-corrected chi connectivity index (χ1v) is 3.46. The van der Waals surface area contributed by atoms with Gasteiger partial charge >= 0.3 is 0 Å². The van der Waals surface area contributed by atoms with Gasteiger partial charge in [-0.2, -0.15) is 0 Å². The topological polar surface area (TPSA) is 12.9 Å². The van der Waals surface area contributed by atoms with Crippen LogP contribution in [0.15, 0.2) is 17.3 Å². The lowest BCUT2D eigenvalue weighted by atomic mass is 10.3. The van der Waals surface area contributed by atoms with Crippen LogP contribution in [0.1, 0.15) is 5.56 Å². The largest absolute Gasteiger partial charge is 0.248 e. The number of thiol groups is 1. The Morgan fingerprint density at radius 1 is 1.70 bits per heavy atom. The molecule has 0 N–H and O–H groups in total. The second-order valence-corrected chi connectivity index (χ2v) is 2.61. The van der Waals surface area contributed by atoms with E-state index in [4.69, 9.17) is 11.6 Å². The van der Waals surface area contributed by atoms with Crippen molar-refractivity contribution < 1.29 is 4.39 Å². The second kappa shape index (κ2) is 3.21. The van der Waals surface area contributed by atoms with E-state index in [0.29, 0.717) is 15.6 Å². The highest BCUT2D eigenvalue weighted by molar-refractivity contribution is 7.80. The Balaban J connectivity index is 3.04. The van der Waals surface area contributed by atoms with Gasteiger partial charge in [0.15, 0.2) is 0 Å². The zero-order valence-corrected chi connectivity index (χ0v) is 6.66. The van der Waals surface area contributed by atoms with Gasteiger partial charge in [-0.25, -0.2) is 9.37 Å². The maximum atomic E-state index is 11.9. The summed E-state index contributed by atoms with van der Waals surface area (Å²) < 4.78 is 11.9. The summed E-state index contributed by atoms with van der Waals surface area (Å²) in [7, 11) is 0. The molecule has 4 heteroatoms. The smallest absolute Gasteiger partial charge is 0.116 e. The Hall–Kier alpha value is -0.280. The lowest BCUT2D eigenvalue weighted by Crippen LogP contribution is -1.83. The van der Waals surface area contributed by atoms with Gasteiger partial charge in [0.2, 0.25) is 0 Å². The van der Waals surface area contributed by atoms with Crippen LogP contribution in [-0.4, -0.2) is 4.98 Å². The average molecular weight is 178 g/mol. The minimum Gasteiger partial charge on any atom is -0.248 e. The van der Waals surface area contributed by atoms with Crippen LogP contribution in [0.4, 0.5) is 4.39 Å². The lowest BCUT2D eigenvalue weighted by Gasteiger charge is -1.96. The van der Waals surface area contributed by atoms with Crippen LogP contribution in [0, 0.1) is 0 Å². The second-order valence-electron chi connectivity index (χ2n) is 1.78. The van der Waals surface area contributed by atoms with Crippen LogP contribution < -0.4 is 0 Å². The van der Waals surface area contributed by atoms with Crippen molar-refractivity contribution >= 4 is 24.2 Å². The number of hydrogen-bond donors (Lipinski definition) is 1. The SMILES string of the molecule is FCc1cnc(S)c(Cl)c1. The predicted molar refractivity (Wildman–Crippen MR) is 41.3 cm³/mol. The molecule has 0 aliphatic carbocycles. The van der Waals surface area contributed by atoms with Crippen molar-refractivity contribution in [3.05, 3.63) is 22.8 Å². The van der Waals surface area contributed by atoms with Crippen molar-refractivity contribution in [3.8, 4) is 0 Å². The van der Waals surface area contributed by atoms with Gasteiger partial charge in [-0.05, 0) is 6.07 Å². The Labute approximate surface area is 68.6 Å². The first kappa shape index (κ1) is 7.82. The van der Waals surface area contributed by atoms with Crippen LogP contribution in [0.3, 0.4) is 0 Å². The average Bonchev–Trinajstić information content (AvgIpc) is 1.95. The molecule has 1 nitrogen and oxygen atoms in total. The van der Waals surface area contributed by atoms with Crippen molar-refractivity contribution in [2.75, 3.05) is 0 Å². The molecule has 0 saturated heterocycles. The maximum Gasteiger partial charge on any atom is 0.116 e. The monoisotopic (exact) mass is 177 g/mol. The normalized spacial score (nSPS) is 9.90. The summed E-state index contributed by atoms with van der Waals surface area (Å²) in [6.45, 7) is -0.541. The van der Waals surface area contributed by atoms with Crippen LogP contribution >= 0.6 is 24.2 Å². The highest BCUT2D eigenvalue weighted by Gasteiger charge is 1.97. The van der Waals surface area contributed by atoms with Crippen molar-refractivity contribution in [3.63, 3.8) is 0 Å². The van der Waals surface area contributed by atoms with E-state index < -0.39 is 6.67 Å².